The van der Waals surface area contributed by atoms with Gasteiger partial charge >= 0.3 is 0 Å². The van der Waals surface area contributed by atoms with Gasteiger partial charge < -0.3 is 10.1 Å². The lowest BCUT2D eigenvalue weighted by molar-refractivity contribution is -0.0297. The molecule has 2 unspecified atom stereocenters. The molecule has 0 spiro atoms. The predicted molar refractivity (Wildman–Crippen MR) is 80.5 cm³/mol. The van der Waals surface area contributed by atoms with Gasteiger partial charge in [0.15, 0.2) is 0 Å². The topological polar surface area (TPSA) is 21.3 Å². The molecule has 0 bridgehead atoms. The molecule has 1 saturated heterocycles. The summed E-state index contributed by atoms with van der Waals surface area (Å²) in [6.45, 7) is 6.91. The normalized spacial score (nSPS) is 23.2. The lowest BCUT2D eigenvalue weighted by Crippen LogP contribution is -2.33. The van der Waals surface area contributed by atoms with Crippen LogP contribution in [-0.4, -0.2) is 19.7 Å². The Morgan fingerprint density at radius 1 is 1.45 bits per heavy atom. The van der Waals surface area contributed by atoms with Crippen LogP contribution in [0.1, 0.15) is 38.4 Å². The van der Waals surface area contributed by atoms with Crippen molar-refractivity contribution in [2.24, 2.45) is 11.8 Å². The molecule has 1 aliphatic rings. The van der Waals surface area contributed by atoms with Crippen LogP contribution >= 0.6 is 11.6 Å². The summed E-state index contributed by atoms with van der Waals surface area (Å²) < 4.78 is 19.9. The van der Waals surface area contributed by atoms with E-state index in [1.165, 1.54) is 6.07 Å². The zero-order valence-electron chi connectivity index (χ0n) is 12.2. The molecule has 1 aliphatic heterocycles. The van der Waals surface area contributed by atoms with Crippen LogP contribution in [0.15, 0.2) is 18.2 Å². The Hall–Kier alpha value is -0.640. The van der Waals surface area contributed by atoms with Gasteiger partial charge in [0.25, 0.3) is 0 Å². The van der Waals surface area contributed by atoms with Gasteiger partial charge in [-0.3, -0.25) is 0 Å². The average molecular weight is 300 g/mol. The van der Waals surface area contributed by atoms with E-state index in [0.29, 0.717) is 29.0 Å². The number of hydrogen-bond donors (Lipinski definition) is 1. The molecule has 0 saturated carbocycles. The number of halogens is 2. The van der Waals surface area contributed by atoms with E-state index in [1.807, 2.05) is 0 Å². The molecule has 1 N–H and O–H groups in total. The van der Waals surface area contributed by atoms with Crippen LogP contribution in [-0.2, 0) is 4.74 Å². The fourth-order valence-corrected chi connectivity index (χ4v) is 2.84. The lowest BCUT2D eigenvalue weighted by Gasteiger charge is -2.32. The van der Waals surface area contributed by atoms with Crippen LogP contribution in [0.25, 0.3) is 0 Å². The molecule has 20 heavy (non-hydrogen) atoms. The SMILES string of the molecule is CC(C)CNCC1CCCOC1c1ccc(Cl)cc1F. The Bertz CT molecular complexity index is 438. The highest BCUT2D eigenvalue weighted by molar-refractivity contribution is 6.30. The zero-order valence-corrected chi connectivity index (χ0v) is 12.9. The van der Waals surface area contributed by atoms with Gasteiger partial charge in [0.05, 0.1) is 6.10 Å². The van der Waals surface area contributed by atoms with E-state index in [-0.39, 0.29) is 11.9 Å². The molecule has 1 fully saturated rings. The Labute approximate surface area is 125 Å². The molecular weight excluding hydrogens is 277 g/mol. The van der Waals surface area contributed by atoms with Crippen molar-refractivity contribution in [3.8, 4) is 0 Å². The zero-order chi connectivity index (χ0) is 14.5. The Morgan fingerprint density at radius 2 is 2.25 bits per heavy atom. The largest absolute Gasteiger partial charge is 0.373 e. The molecule has 4 heteroatoms. The molecule has 1 heterocycles. The minimum Gasteiger partial charge on any atom is -0.373 e. The smallest absolute Gasteiger partial charge is 0.130 e. The summed E-state index contributed by atoms with van der Waals surface area (Å²) >= 11 is 5.82. The minimum absolute atomic E-state index is 0.166. The van der Waals surface area contributed by atoms with Gasteiger partial charge in [-0.05, 0) is 37.4 Å². The molecular formula is C16H23ClFNO. The molecule has 2 rings (SSSR count). The third kappa shape index (κ3) is 4.18. The molecule has 2 atom stereocenters. The first-order valence-corrected chi connectivity index (χ1v) is 7.73. The molecule has 0 radical (unpaired) electrons. The predicted octanol–water partition coefficient (Wildman–Crippen LogP) is 4.19. The number of rotatable bonds is 5. The van der Waals surface area contributed by atoms with E-state index in [9.17, 15) is 4.39 Å². The van der Waals surface area contributed by atoms with Gasteiger partial charge in [0.1, 0.15) is 5.82 Å². The van der Waals surface area contributed by atoms with Crippen LogP contribution in [0, 0.1) is 17.7 Å². The summed E-state index contributed by atoms with van der Waals surface area (Å²) in [7, 11) is 0. The van der Waals surface area contributed by atoms with Crippen LogP contribution in [0.5, 0.6) is 0 Å². The summed E-state index contributed by atoms with van der Waals surface area (Å²) in [4.78, 5) is 0. The summed E-state index contributed by atoms with van der Waals surface area (Å²) in [5.41, 5.74) is 0.630. The molecule has 2 nitrogen and oxygen atoms in total. The second-order valence-corrected chi connectivity index (χ2v) is 6.35. The first-order chi connectivity index (χ1) is 9.58. The summed E-state index contributed by atoms with van der Waals surface area (Å²) in [6.07, 6.45) is 1.94. The lowest BCUT2D eigenvalue weighted by atomic mass is 9.89. The Kier molecular flexibility index (Phi) is 5.82. The average Bonchev–Trinajstić information content (AvgIpc) is 2.39. The monoisotopic (exact) mass is 299 g/mol. The molecule has 1 aromatic carbocycles. The van der Waals surface area contributed by atoms with Crippen molar-refractivity contribution in [1.82, 2.24) is 5.32 Å². The fraction of sp³-hybridized carbons (Fsp3) is 0.625. The maximum Gasteiger partial charge on any atom is 0.130 e. The third-order valence-electron chi connectivity index (χ3n) is 3.67. The van der Waals surface area contributed by atoms with Gasteiger partial charge in [-0.1, -0.05) is 31.5 Å². The van der Waals surface area contributed by atoms with Crippen LogP contribution in [0.4, 0.5) is 4.39 Å². The van der Waals surface area contributed by atoms with Crippen molar-refractivity contribution < 1.29 is 9.13 Å². The standard InChI is InChI=1S/C16H23ClFNO/c1-11(2)9-19-10-12-4-3-7-20-16(12)14-6-5-13(17)8-15(14)18/h5-6,8,11-12,16,19H,3-4,7,9-10H2,1-2H3. The third-order valence-corrected chi connectivity index (χ3v) is 3.91. The maximum atomic E-state index is 14.1. The molecule has 0 amide bonds. The fourth-order valence-electron chi connectivity index (χ4n) is 2.69. The van der Waals surface area contributed by atoms with Crippen LogP contribution < -0.4 is 5.32 Å². The number of ether oxygens (including phenoxy) is 1. The number of benzene rings is 1. The van der Waals surface area contributed by atoms with Crippen LogP contribution in [0.2, 0.25) is 5.02 Å². The van der Waals surface area contributed by atoms with E-state index < -0.39 is 0 Å². The first kappa shape index (κ1) is 15.7. The maximum absolute atomic E-state index is 14.1. The van der Waals surface area contributed by atoms with Crippen molar-refractivity contribution in [2.45, 2.75) is 32.8 Å². The minimum atomic E-state index is -0.266. The van der Waals surface area contributed by atoms with Crippen molar-refractivity contribution in [2.75, 3.05) is 19.7 Å². The van der Waals surface area contributed by atoms with E-state index in [1.54, 1.807) is 12.1 Å². The molecule has 1 aromatic rings. The summed E-state index contributed by atoms with van der Waals surface area (Å²) in [5.74, 6) is 0.668. The van der Waals surface area contributed by atoms with E-state index in [0.717, 1.165) is 25.9 Å². The molecule has 0 aromatic heterocycles. The van der Waals surface area contributed by atoms with Crippen LogP contribution in [0.3, 0.4) is 0 Å². The highest BCUT2D eigenvalue weighted by Gasteiger charge is 2.29. The quantitative estimate of drug-likeness (QED) is 0.880. The second kappa shape index (κ2) is 7.39. The summed E-state index contributed by atoms with van der Waals surface area (Å²) in [6, 6.07) is 4.85. The van der Waals surface area contributed by atoms with Gasteiger partial charge in [-0.15, -0.1) is 0 Å². The van der Waals surface area contributed by atoms with Crippen molar-refractivity contribution in [3.63, 3.8) is 0 Å². The van der Waals surface area contributed by atoms with Gasteiger partial charge in [-0.25, -0.2) is 4.39 Å². The van der Waals surface area contributed by atoms with Crippen molar-refractivity contribution >= 4 is 11.6 Å². The molecule has 112 valence electrons. The molecule has 0 aliphatic carbocycles. The van der Waals surface area contributed by atoms with E-state index >= 15 is 0 Å². The van der Waals surface area contributed by atoms with E-state index in [4.69, 9.17) is 16.3 Å². The van der Waals surface area contributed by atoms with Gasteiger partial charge in [-0.2, -0.15) is 0 Å². The number of nitrogens with one attached hydrogen (secondary N) is 1. The second-order valence-electron chi connectivity index (χ2n) is 5.91. The highest BCUT2D eigenvalue weighted by atomic mass is 35.5. The Morgan fingerprint density at radius 3 is 2.95 bits per heavy atom. The number of hydrogen-bond acceptors (Lipinski definition) is 2. The van der Waals surface area contributed by atoms with Crippen molar-refractivity contribution in [3.05, 3.63) is 34.6 Å². The van der Waals surface area contributed by atoms with E-state index in [2.05, 4.69) is 19.2 Å². The van der Waals surface area contributed by atoms with Crippen molar-refractivity contribution in [1.29, 1.82) is 0 Å². The first-order valence-electron chi connectivity index (χ1n) is 7.35. The van der Waals surface area contributed by atoms with Gasteiger partial charge in [0.2, 0.25) is 0 Å². The summed E-state index contributed by atoms with van der Waals surface area (Å²) in [5, 5.41) is 3.88. The van der Waals surface area contributed by atoms with Gasteiger partial charge in [0, 0.05) is 29.7 Å². The highest BCUT2D eigenvalue weighted by Crippen LogP contribution is 2.35. The Balaban J connectivity index is 2.06.